The number of nitrogens with zero attached hydrogens (tertiary/aromatic N) is 1. The number of halogens is 3. The van der Waals surface area contributed by atoms with E-state index in [-0.39, 0.29) is 5.71 Å². The highest BCUT2D eigenvalue weighted by atomic mass is 19.4. The molecule has 0 amide bonds. The highest BCUT2D eigenvalue weighted by Crippen LogP contribution is 2.38. The van der Waals surface area contributed by atoms with Gasteiger partial charge in [-0.3, -0.25) is 0 Å². The van der Waals surface area contributed by atoms with Crippen LogP contribution >= 0.6 is 0 Å². The van der Waals surface area contributed by atoms with Gasteiger partial charge < -0.3 is 15.3 Å². The van der Waals surface area contributed by atoms with Crippen LogP contribution in [0.1, 0.15) is 23.1 Å². The summed E-state index contributed by atoms with van der Waals surface area (Å²) in [5.41, 5.74) is 2.63. The average molecular weight is 400 g/mol. The van der Waals surface area contributed by atoms with Gasteiger partial charge in [0.25, 0.3) is 0 Å². The van der Waals surface area contributed by atoms with Gasteiger partial charge >= 0.3 is 12.0 Å². The molecule has 0 bridgehead atoms. The first-order valence-electron chi connectivity index (χ1n) is 9.16. The molecule has 1 unspecified atom stereocenters. The molecule has 1 atom stereocenters. The van der Waals surface area contributed by atoms with Crippen molar-refractivity contribution in [1.29, 1.82) is 0 Å². The summed E-state index contributed by atoms with van der Waals surface area (Å²) in [6.45, 7) is 1.19. The Morgan fingerprint density at radius 2 is 1.76 bits per heavy atom. The second-order valence-corrected chi connectivity index (χ2v) is 7.03. The fraction of sp³-hybridized carbons (Fsp3) is 0.227. The standard InChI is InChI=1S/C22H19F3N2O2/c23-22(24,25)21(28)12-20(27-29-21)17-8-3-5-15(11-17)13-26-14-18-9-4-7-16-6-1-2-10-19(16)18/h1-11,26,28H,12-14H2. The highest BCUT2D eigenvalue weighted by molar-refractivity contribution is 6.01. The van der Waals surface area contributed by atoms with Crippen molar-refractivity contribution < 1.29 is 23.1 Å². The number of aliphatic hydroxyl groups is 1. The lowest BCUT2D eigenvalue weighted by Crippen LogP contribution is -2.45. The van der Waals surface area contributed by atoms with Crippen molar-refractivity contribution >= 4 is 16.5 Å². The minimum atomic E-state index is -4.91. The molecule has 3 aromatic carbocycles. The molecule has 1 aliphatic heterocycles. The summed E-state index contributed by atoms with van der Waals surface area (Å²) in [4.78, 5) is 4.29. The molecular formula is C22H19F3N2O2. The van der Waals surface area contributed by atoms with Crippen molar-refractivity contribution in [3.63, 3.8) is 0 Å². The number of nitrogens with one attached hydrogen (secondary N) is 1. The summed E-state index contributed by atoms with van der Waals surface area (Å²) in [7, 11) is 0. The Hall–Kier alpha value is -2.90. The number of fused-ring (bicyclic) bond motifs is 1. The maximum atomic E-state index is 12.9. The Bertz CT molecular complexity index is 1060. The number of alkyl halides is 3. The first-order valence-corrected chi connectivity index (χ1v) is 9.16. The second kappa shape index (κ2) is 7.50. The van der Waals surface area contributed by atoms with Crippen LogP contribution in [0.2, 0.25) is 0 Å². The van der Waals surface area contributed by atoms with Gasteiger partial charge in [-0.2, -0.15) is 13.2 Å². The van der Waals surface area contributed by atoms with Gasteiger partial charge in [0.1, 0.15) is 0 Å². The van der Waals surface area contributed by atoms with Crippen molar-refractivity contribution in [1.82, 2.24) is 5.32 Å². The van der Waals surface area contributed by atoms with E-state index in [1.54, 1.807) is 18.2 Å². The molecule has 0 fully saturated rings. The quantitative estimate of drug-likeness (QED) is 0.663. The highest BCUT2D eigenvalue weighted by Gasteiger charge is 2.60. The topological polar surface area (TPSA) is 53.8 Å². The number of benzene rings is 3. The molecule has 4 nitrogen and oxygen atoms in total. The van der Waals surface area contributed by atoms with E-state index < -0.39 is 18.4 Å². The number of hydrogen-bond acceptors (Lipinski definition) is 4. The second-order valence-electron chi connectivity index (χ2n) is 7.03. The monoisotopic (exact) mass is 400 g/mol. The molecule has 29 heavy (non-hydrogen) atoms. The first-order chi connectivity index (χ1) is 13.9. The summed E-state index contributed by atoms with van der Waals surface area (Å²) in [6.07, 6.45) is -5.64. The molecule has 0 saturated heterocycles. The van der Waals surface area contributed by atoms with E-state index in [1.165, 1.54) is 16.3 Å². The van der Waals surface area contributed by atoms with Crippen LogP contribution in [0, 0.1) is 0 Å². The zero-order chi connectivity index (χ0) is 20.5. The summed E-state index contributed by atoms with van der Waals surface area (Å²) in [6, 6.07) is 21.3. The summed E-state index contributed by atoms with van der Waals surface area (Å²) >= 11 is 0. The van der Waals surface area contributed by atoms with Gasteiger partial charge in [-0.05, 0) is 33.5 Å². The molecule has 0 spiro atoms. The molecule has 4 rings (SSSR count). The van der Waals surface area contributed by atoms with Crippen LogP contribution in [-0.4, -0.2) is 22.8 Å². The average Bonchev–Trinajstić information content (AvgIpc) is 3.12. The summed E-state index contributed by atoms with van der Waals surface area (Å²) < 4.78 is 38.7. The van der Waals surface area contributed by atoms with Crippen LogP contribution < -0.4 is 5.32 Å². The van der Waals surface area contributed by atoms with E-state index in [1.807, 2.05) is 24.3 Å². The third kappa shape index (κ3) is 3.97. The van der Waals surface area contributed by atoms with Gasteiger partial charge in [-0.15, -0.1) is 0 Å². The SMILES string of the molecule is OC1(C(F)(F)F)CC(c2cccc(CNCc3cccc4ccccc34)c2)=NO1. The predicted molar refractivity (Wildman–Crippen MR) is 104 cm³/mol. The van der Waals surface area contributed by atoms with E-state index in [0.29, 0.717) is 18.7 Å². The molecule has 2 N–H and O–H groups in total. The number of rotatable bonds is 5. The molecule has 1 aliphatic rings. The Kier molecular flexibility index (Phi) is 5.02. The Morgan fingerprint density at radius 1 is 1.00 bits per heavy atom. The van der Waals surface area contributed by atoms with Gasteiger partial charge in [-0.25, -0.2) is 0 Å². The van der Waals surface area contributed by atoms with Gasteiger partial charge in [0, 0.05) is 13.1 Å². The lowest BCUT2D eigenvalue weighted by atomic mass is 10.0. The zero-order valence-corrected chi connectivity index (χ0v) is 15.4. The molecule has 0 aromatic heterocycles. The molecule has 7 heteroatoms. The van der Waals surface area contributed by atoms with E-state index in [2.05, 4.69) is 39.6 Å². The normalized spacial score (nSPS) is 19.2. The molecule has 0 radical (unpaired) electrons. The smallest absolute Gasteiger partial charge is 0.350 e. The molecule has 150 valence electrons. The maximum Gasteiger partial charge on any atom is 0.458 e. The van der Waals surface area contributed by atoms with Gasteiger partial charge in [0.15, 0.2) is 0 Å². The fourth-order valence-corrected chi connectivity index (χ4v) is 3.38. The minimum absolute atomic E-state index is 0.0701. The van der Waals surface area contributed by atoms with Gasteiger partial charge in [0.05, 0.1) is 12.1 Å². The lowest BCUT2D eigenvalue weighted by Gasteiger charge is -2.22. The van der Waals surface area contributed by atoms with Crippen LogP contribution in [0.3, 0.4) is 0 Å². The molecule has 1 heterocycles. The summed E-state index contributed by atoms with van der Waals surface area (Å²) in [5.74, 6) is -3.26. The third-order valence-corrected chi connectivity index (χ3v) is 4.94. The first kappa shape index (κ1) is 19.4. The van der Waals surface area contributed by atoms with Gasteiger partial charge in [-0.1, -0.05) is 65.8 Å². The Labute approximate surface area is 165 Å². The Morgan fingerprint density at radius 3 is 2.55 bits per heavy atom. The largest absolute Gasteiger partial charge is 0.458 e. The third-order valence-electron chi connectivity index (χ3n) is 4.94. The lowest BCUT2D eigenvalue weighted by molar-refractivity contribution is -0.355. The van der Waals surface area contributed by atoms with Crippen LogP contribution in [-0.2, 0) is 17.9 Å². The van der Waals surface area contributed by atoms with Crippen LogP contribution in [0.4, 0.5) is 13.2 Å². The minimum Gasteiger partial charge on any atom is -0.350 e. The van der Waals surface area contributed by atoms with Crippen molar-refractivity contribution in [3.05, 3.63) is 83.4 Å². The summed E-state index contributed by atoms with van der Waals surface area (Å²) in [5, 5.41) is 18.8. The number of oxime groups is 1. The maximum absolute atomic E-state index is 12.9. The van der Waals surface area contributed by atoms with Crippen molar-refractivity contribution in [2.24, 2.45) is 5.16 Å². The van der Waals surface area contributed by atoms with Crippen molar-refractivity contribution in [2.75, 3.05) is 0 Å². The van der Waals surface area contributed by atoms with E-state index in [9.17, 15) is 18.3 Å². The molecule has 0 aliphatic carbocycles. The van der Waals surface area contributed by atoms with E-state index in [0.717, 1.165) is 5.56 Å². The predicted octanol–water partition coefficient (Wildman–Crippen LogP) is 4.50. The molecular weight excluding hydrogens is 381 g/mol. The zero-order valence-electron chi connectivity index (χ0n) is 15.4. The molecule has 0 saturated carbocycles. The molecule has 3 aromatic rings. The van der Waals surface area contributed by atoms with Crippen LogP contribution in [0.25, 0.3) is 10.8 Å². The fourth-order valence-electron chi connectivity index (χ4n) is 3.38. The Balaban J connectivity index is 1.42. The van der Waals surface area contributed by atoms with E-state index >= 15 is 0 Å². The van der Waals surface area contributed by atoms with E-state index in [4.69, 9.17) is 0 Å². The number of hydrogen-bond donors (Lipinski definition) is 2. The van der Waals surface area contributed by atoms with Crippen molar-refractivity contribution in [2.45, 2.75) is 31.5 Å². The van der Waals surface area contributed by atoms with Crippen molar-refractivity contribution in [3.8, 4) is 0 Å². The van der Waals surface area contributed by atoms with Gasteiger partial charge in [0.2, 0.25) is 0 Å². The van der Waals surface area contributed by atoms with Crippen LogP contribution in [0.15, 0.2) is 71.9 Å². The van der Waals surface area contributed by atoms with Crippen LogP contribution in [0.5, 0.6) is 0 Å².